The monoisotopic (exact) mass is 510 g/mol. The molecule has 0 saturated carbocycles. The molecule has 0 fully saturated rings. The van der Waals surface area contributed by atoms with Crippen molar-refractivity contribution >= 4 is 0 Å². The molecule has 0 saturated heterocycles. The van der Waals surface area contributed by atoms with Crippen LogP contribution in [-0.4, -0.2) is 40.9 Å². The van der Waals surface area contributed by atoms with Gasteiger partial charge in [-0.15, -0.1) is 0 Å². The fraction of sp³-hybridized carbons (Fsp3) is 0.684. The van der Waals surface area contributed by atoms with Crippen molar-refractivity contribution in [3.05, 3.63) is 35.4 Å². The maximum absolute atomic E-state index is 14.4. The molecule has 0 aromatic heterocycles. The van der Waals surface area contributed by atoms with Crippen LogP contribution in [0.15, 0.2) is 24.3 Å². The Morgan fingerprint density at radius 3 is 1.42 bits per heavy atom. The fourth-order valence-corrected chi connectivity index (χ4v) is 2.97. The Morgan fingerprint density at radius 2 is 1.03 bits per heavy atom. The number of alkyl halides is 13. The predicted octanol–water partition coefficient (Wildman–Crippen LogP) is 7.39. The quantitative estimate of drug-likeness (QED) is 0.380. The number of hydrogen-bond donors (Lipinski definition) is 1. The van der Waals surface area contributed by atoms with E-state index < -0.39 is 58.8 Å². The lowest BCUT2D eigenvalue weighted by Gasteiger charge is -2.42. The molecule has 2 atom stereocenters. The van der Waals surface area contributed by atoms with Crippen LogP contribution < -0.4 is 0 Å². The van der Waals surface area contributed by atoms with Crippen molar-refractivity contribution in [2.45, 2.75) is 75.0 Å². The van der Waals surface area contributed by atoms with Crippen LogP contribution in [0.4, 0.5) is 57.1 Å². The molecule has 0 aliphatic rings. The van der Waals surface area contributed by atoms with Crippen molar-refractivity contribution in [2.24, 2.45) is 5.92 Å². The Hall–Kier alpha value is -1.73. The highest BCUT2D eigenvalue weighted by molar-refractivity contribution is 5.35. The van der Waals surface area contributed by atoms with Gasteiger partial charge in [0, 0.05) is 0 Å². The summed E-state index contributed by atoms with van der Waals surface area (Å²) < 4.78 is 174. The number of hydrogen-bond acceptors (Lipinski definition) is 1. The lowest BCUT2D eigenvalue weighted by molar-refractivity contribution is -0.444. The van der Waals surface area contributed by atoms with Gasteiger partial charge in [-0.05, 0) is 16.5 Å². The first kappa shape index (κ1) is 29.3. The topological polar surface area (TPSA) is 20.2 Å². The molecule has 2 unspecified atom stereocenters. The van der Waals surface area contributed by atoms with Crippen molar-refractivity contribution in [1.82, 2.24) is 0 Å². The number of benzene rings is 1. The molecule has 33 heavy (non-hydrogen) atoms. The first-order valence-electron chi connectivity index (χ1n) is 9.03. The number of halogens is 13. The van der Waals surface area contributed by atoms with E-state index in [0.717, 1.165) is 12.1 Å². The van der Waals surface area contributed by atoms with E-state index in [1.807, 2.05) is 0 Å². The molecular formula is C19H19F13O. The smallest absolute Gasteiger partial charge is 0.388 e. The minimum atomic E-state index is -7.97. The summed E-state index contributed by atoms with van der Waals surface area (Å²) in [6.07, 6.45) is -10.2. The van der Waals surface area contributed by atoms with E-state index in [9.17, 15) is 62.2 Å². The third kappa shape index (κ3) is 4.39. The molecule has 1 rings (SSSR count). The number of rotatable bonds is 7. The van der Waals surface area contributed by atoms with Gasteiger partial charge >= 0.3 is 35.8 Å². The zero-order valence-electron chi connectivity index (χ0n) is 17.3. The second-order valence-electron chi connectivity index (χ2n) is 8.49. The number of aliphatic hydroxyl groups excluding tert-OH is 1. The molecule has 1 aromatic rings. The van der Waals surface area contributed by atoms with Gasteiger partial charge in [-0.3, -0.25) is 0 Å². The van der Waals surface area contributed by atoms with Gasteiger partial charge in [0.25, 0.3) is 0 Å². The van der Waals surface area contributed by atoms with Gasteiger partial charge in [0.05, 0.1) is 12.0 Å². The highest BCUT2D eigenvalue weighted by Gasteiger charge is 2.91. The Labute approximate surface area is 179 Å². The highest BCUT2D eigenvalue weighted by Crippen LogP contribution is 2.62. The van der Waals surface area contributed by atoms with Crippen molar-refractivity contribution in [2.75, 3.05) is 0 Å². The van der Waals surface area contributed by atoms with Gasteiger partial charge in [0.15, 0.2) is 0 Å². The van der Waals surface area contributed by atoms with Crippen molar-refractivity contribution in [3.8, 4) is 0 Å². The minimum Gasteiger partial charge on any atom is -0.388 e. The molecule has 0 bridgehead atoms. The molecule has 1 N–H and O–H groups in total. The maximum Gasteiger partial charge on any atom is 0.460 e. The largest absolute Gasteiger partial charge is 0.460 e. The first-order chi connectivity index (χ1) is 14.3. The minimum absolute atomic E-state index is 0.0359. The van der Waals surface area contributed by atoms with Crippen LogP contribution in [0.3, 0.4) is 0 Å². The summed E-state index contributed by atoms with van der Waals surface area (Å²) in [5, 5.41) is 10.2. The van der Waals surface area contributed by atoms with E-state index in [-0.39, 0.29) is 12.5 Å². The summed E-state index contributed by atoms with van der Waals surface area (Å²) in [6.45, 7) is 4.51. The van der Waals surface area contributed by atoms with Crippen LogP contribution in [0.25, 0.3) is 0 Å². The average molecular weight is 510 g/mol. The Bertz CT molecular complexity index is 837. The molecular weight excluding hydrogens is 491 g/mol. The van der Waals surface area contributed by atoms with Gasteiger partial charge in [-0.2, -0.15) is 57.1 Å². The summed E-state index contributed by atoms with van der Waals surface area (Å²) >= 11 is 0. The van der Waals surface area contributed by atoms with Crippen LogP contribution in [0, 0.1) is 5.92 Å². The molecule has 192 valence electrons. The van der Waals surface area contributed by atoms with E-state index in [1.54, 1.807) is 0 Å². The molecule has 0 spiro atoms. The predicted molar refractivity (Wildman–Crippen MR) is 90.1 cm³/mol. The van der Waals surface area contributed by atoms with Gasteiger partial charge in [-0.1, -0.05) is 52.0 Å². The van der Waals surface area contributed by atoms with Gasteiger partial charge in [0.1, 0.15) is 0 Å². The van der Waals surface area contributed by atoms with Crippen molar-refractivity contribution in [1.29, 1.82) is 0 Å². The number of aliphatic hydroxyl groups is 1. The standard InChI is InChI=1S/C19H19F13O/c1-9(12(33)10-7-5-6-8-11(10)13(2,3)4)14(20,21)15(22,23)16(24,25)17(26,27)18(28,29)19(30,31)32/h5-9,12,33H,1-4H3. The Balaban J connectivity index is 3.58. The van der Waals surface area contributed by atoms with Crippen LogP contribution in [0.2, 0.25) is 0 Å². The second kappa shape index (κ2) is 8.19. The molecule has 14 heteroatoms. The SMILES string of the molecule is CC(C(O)c1ccccc1C(C)(C)C)C(F)(F)C(F)(F)C(F)(F)C(F)(F)C(F)(F)C(F)(F)F. The van der Waals surface area contributed by atoms with Crippen molar-refractivity contribution < 1.29 is 62.2 Å². The molecule has 0 aliphatic carbocycles. The summed E-state index contributed by atoms with van der Waals surface area (Å²) in [4.78, 5) is 0. The zero-order chi connectivity index (χ0) is 26.6. The lowest BCUT2D eigenvalue weighted by Crippen LogP contribution is -2.71. The van der Waals surface area contributed by atoms with E-state index in [4.69, 9.17) is 0 Å². The molecule has 0 amide bonds. The maximum atomic E-state index is 14.4. The van der Waals surface area contributed by atoms with Crippen molar-refractivity contribution in [3.63, 3.8) is 0 Å². The van der Waals surface area contributed by atoms with E-state index in [0.29, 0.717) is 0 Å². The van der Waals surface area contributed by atoms with Crippen LogP contribution >= 0.6 is 0 Å². The van der Waals surface area contributed by atoms with Crippen LogP contribution in [0.1, 0.15) is 44.9 Å². The van der Waals surface area contributed by atoms with Crippen LogP contribution in [0.5, 0.6) is 0 Å². The molecule has 0 heterocycles. The second-order valence-corrected chi connectivity index (χ2v) is 8.49. The normalized spacial score (nSPS) is 17.2. The highest BCUT2D eigenvalue weighted by atomic mass is 19.4. The molecule has 0 aliphatic heterocycles. The lowest BCUT2D eigenvalue weighted by atomic mass is 9.78. The van der Waals surface area contributed by atoms with Gasteiger partial charge in [0.2, 0.25) is 0 Å². The summed E-state index contributed by atoms with van der Waals surface area (Å²) in [6, 6.07) is 4.69. The molecule has 1 nitrogen and oxygen atoms in total. The van der Waals surface area contributed by atoms with E-state index >= 15 is 0 Å². The van der Waals surface area contributed by atoms with Gasteiger partial charge < -0.3 is 5.11 Å². The third-order valence-electron chi connectivity index (χ3n) is 5.09. The Morgan fingerprint density at radius 1 is 0.636 bits per heavy atom. The van der Waals surface area contributed by atoms with Crippen LogP contribution in [-0.2, 0) is 5.41 Å². The third-order valence-corrected chi connectivity index (χ3v) is 5.09. The summed E-state index contributed by atoms with van der Waals surface area (Å²) in [5.74, 6) is -40.8. The average Bonchev–Trinajstić information content (AvgIpc) is 2.64. The van der Waals surface area contributed by atoms with E-state index in [2.05, 4.69) is 0 Å². The van der Waals surface area contributed by atoms with E-state index in [1.165, 1.54) is 32.9 Å². The summed E-state index contributed by atoms with van der Waals surface area (Å²) in [5.41, 5.74) is -1.37. The van der Waals surface area contributed by atoms with Gasteiger partial charge in [-0.25, -0.2) is 0 Å². The molecule has 1 aromatic carbocycles. The first-order valence-corrected chi connectivity index (χ1v) is 9.03. The zero-order valence-corrected chi connectivity index (χ0v) is 17.3. The Kier molecular flexibility index (Phi) is 7.27. The summed E-state index contributed by atoms with van der Waals surface area (Å²) in [7, 11) is 0. The molecule has 0 radical (unpaired) electrons. The fourth-order valence-electron chi connectivity index (χ4n) is 2.97.